The van der Waals surface area contributed by atoms with Gasteiger partial charge < -0.3 is 14.6 Å². The van der Waals surface area contributed by atoms with Crippen LogP contribution in [0.3, 0.4) is 0 Å². The van der Waals surface area contributed by atoms with Gasteiger partial charge in [-0.2, -0.15) is 0 Å². The van der Waals surface area contributed by atoms with Gasteiger partial charge in [-0.25, -0.2) is 0 Å². The summed E-state index contributed by atoms with van der Waals surface area (Å²) in [5, 5.41) is 9.95. The predicted molar refractivity (Wildman–Crippen MR) is 45.8 cm³/mol. The quantitative estimate of drug-likeness (QED) is 0.685. The van der Waals surface area contributed by atoms with Crippen molar-refractivity contribution < 1.29 is 14.6 Å². The van der Waals surface area contributed by atoms with Crippen molar-refractivity contribution >= 4 is 0 Å². The summed E-state index contributed by atoms with van der Waals surface area (Å²) in [5.74, 6) is -0.832. The van der Waals surface area contributed by atoms with Crippen molar-refractivity contribution in [3.8, 4) is 0 Å². The van der Waals surface area contributed by atoms with Crippen LogP contribution >= 0.6 is 0 Å². The smallest absolute Gasteiger partial charge is 0.194 e. The Balaban J connectivity index is 2.72. The maximum absolute atomic E-state index is 9.95. The van der Waals surface area contributed by atoms with Crippen molar-refractivity contribution in [1.29, 1.82) is 0 Å². The lowest BCUT2D eigenvalue weighted by molar-refractivity contribution is -0.258. The van der Waals surface area contributed by atoms with E-state index in [1.807, 2.05) is 13.8 Å². The van der Waals surface area contributed by atoms with E-state index in [1.54, 1.807) is 13.8 Å². The van der Waals surface area contributed by atoms with Gasteiger partial charge in [0.1, 0.15) is 5.60 Å². The zero-order valence-electron chi connectivity index (χ0n) is 8.26. The van der Waals surface area contributed by atoms with Gasteiger partial charge >= 0.3 is 0 Å². The Bertz CT molecular complexity index is 167. The molecule has 1 aliphatic rings. The van der Waals surface area contributed by atoms with E-state index in [2.05, 4.69) is 0 Å². The third kappa shape index (κ3) is 1.49. The molecule has 0 spiro atoms. The summed E-state index contributed by atoms with van der Waals surface area (Å²) in [5.41, 5.74) is -0.905. The van der Waals surface area contributed by atoms with Crippen molar-refractivity contribution in [2.45, 2.75) is 51.6 Å². The number of hydrogen-bond acceptors (Lipinski definition) is 3. The average Bonchev–Trinajstić information content (AvgIpc) is 2.33. The molecule has 0 aromatic heterocycles. The first kappa shape index (κ1) is 9.96. The van der Waals surface area contributed by atoms with E-state index < -0.39 is 11.4 Å². The van der Waals surface area contributed by atoms with Crippen molar-refractivity contribution in [1.82, 2.24) is 0 Å². The Morgan fingerprint density at radius 3 is 2.58 bits per heavy atom. The molecule has 0 radical (unpaired) electrons. The van der Waals surface area contributed by atoms with Gasteiger partial charge in [-0.05, 0) is 27.2 Å². The summed E-state index contributed by atoms with van der Waals surface area (Å²) in [6.07, 6.45) is 0.698. The molecule has 1 fully saturated rings. The first-order chi connectivity index (χ1) is 5.41. The zero-order chi connectivity index (χ0) is 9.41. The highest BCUT2D eigenvalue weighted by molar-refractivity contribution is 4.90. The molecule has 1 saturated heterocycles. The third-order valence-corrected chi connectivity index (χ3v) is 2.69. The molecule has 0 aromatic carbocycles. The molecule has 0 bridgehead atoms. The lowest BCUT2D eigenvalue weighted by Gasteiger charge is -2.37. The molecule has 3 nitrogen and oxygen atoms in total. The molecular weight excluding hydrogens is 156 g/mol. The Kier molecular flexibility index (Phi) is 2.47. The number of aliphatic hydroxyl groups is 1. The summed E-state index contributed by atoms with van der Waals surface area (Å²) < 4.78 is 11.0. The number of rotatable bonds is 2. The first-order valence-corrected chi connectivity index (χ1v) is 4.45. The van der Waals surface area contributed by atoms with E-state index in [0.29, 0.717) is 13.0 Å². The number of hydrogen-bond donors (Lipinski definition) is 1. The lowest BCUT2D eigenvalue weighted by atomic mass is 9.94. The first-order valence-electron chi connectivity index (χ1n) is 4.45. The molecule has 1 heterocycles. The van der Waals surface area contributed by atoms with Gasteiger partial charge in [-0.15, -0.1) is 0 Å². The van der Waals surface area contributed by atoms with Crippen LogP contribution in [0.2, 0.25) is 0 Å². The van der Waals surface area contributed by atoms with Gasteiger partial charge in [-0.3, -0.25) is 0 Å². The highest BCUT2D eigenvalue weighted by atomic mass is 16.8. The highest BCUT2D eigenvalue weighted by Crippen LogP contribution is 2.35. The van der Waals surface area contributed by atoms with E-state index in [1.165, 1.54) is 0 Å². The minimum Gasteiger partial charge on any atom is -0.385 e. The second kappa shape index (κ2) is 2.98. The van der Waals surface area contributed by atoms with Crippen LogP contribution in [0, 0.1) is 0 Å². The highest BCUT2D eigenvalue weighted by Gasteiger charge is 2.49. The molecule has 0 unspecified atom stereocenters. The second-order valence-electron chi connectivity index (χ2n) is 3.81. The molecule has 3 heteroatoms. The van der Waals surface area contributed by atoms with E-state index in [0.717, 1.165) is 0 Å². The normalized spacial score (nSPS) is 41.2. The molecule has 1 aliphatic heterocycles. The van der Waals surface area contributed by atoms with Crippen LogP contribution in [-0.4, -0.2) is 29.2 Å². The molecule has 0 aromatic rings. The predicted octanol–water partition coefficient (Wildman–Crippen LogP) is 1.30. The standard InChI is InChI=1S/C9H18O3/c1-5-8(3,10)9(4)11-6-7(2)12-9/h7,10H,5-6H2,1-4H3/t7-,8+,9-/m0/s1. The minimum atomic E-state index is -0.905. The average molecular weight is 174 g/mol. The van der Waals surface area contributed by atoms with Crippen LogP contribution in [0.4, 0.5) is 0 Å². The van der Waals surface area contributed by atoms with E-state index in [4.69, 9.17) is 9.47 Å². The van der Waals surface area contributed by atoms with Crippen LogP contribution in [0.25, 0.3) is 0 Å². The molecule has 12 heavy (non-hydrogen) atoms. The van der Waals surface area contributed by atoms with Crippen LogP contribution in [0.1, 0.15) is 34.1 Å². The van der Waals surface area contributed by atoms with Gasteiger partial charge in [0.2, 0.25) is 0 Å². The Morgan fingerprint density at radius 1 is 1.67 bits per heavy atom. The maximum Gasteiger partial charge on any atom is 0.194 e. The van der Waals surface area contributed by atoms with E-state index >= 15 is 0 Å². The Morgan fingerprint density at radius 2 is 2.25 bits per heavy atom. The fraction of sp³-hybridized carbons (Fsp3) is 1.00. The fourth-order valence-corrected chi connectivity index (χ4v) is 1.33. The summed E-state index contributed by atoms with van der Waals surface area (Å²) in [4.78, 5) is 0. The fourth-order valence-electron chi connectivity index (χ4n) is 1.33. The SMILES string of the molecule is CC[C@@](C)(O)[C@@]1(C)OC[C@H](C)O1. The molecule has 0 aliphatic carbocycles. The summed E-state index contributed by atoms with van der Waals surface area (Å²) in [7, 11) is 0. The summed E-state index contributed by atoms with van der Waals surface area (Å²) >= 11 is 0. The van der Waals surface area contributed by atoms with Crippen molar-refractivity contribution in [3.05, 3.63) is 0 Å². The minimum absolute atomic E-state index is 0.0769. The van der Waals surface area contributed by atoms with Gasteiger partial charge in [0, 0.05) is 0 Å². The molecule has 3 atom stereocenters. The van der Waals surface area contributed by atoms with Crippen LogP contribution in [0.5, 0.6) is 0 Å². The van der Waals surface area contributed by atoms with E-state index in [9.17, 15) is 5.11 Å². The molecule has 1 rings (SSSR count). The largest absolute Gasteiger partial charge is 0.385 e. The summed E-state index contributed by atoms with van der Waals surface area (Å²) in [6.45, 7) is 7.95. The van der Waals surface area contributed by atoms with Gasteiger partial charge in [0.25, 0.3) is 0 Å². The summed E-state index contributed by atoms with van der Waals surface area (Å²) in [6, 6.07) is 0. The van der Waals surface area contributed by atoms with Crippen molar-refractivity contribution in [2.24, 2.45) is 0 Å². The zero-order valence-corrected chi connectivity index (χ0v) is 8.26. The lowest BCUT2D eigenvalue weighted by Crippen LogP contribution is -2.50. The van der Waals surface area contributed by atoms with Gasteiger partial charge in [0.05, 0.1) is 12.7 Å². The molecule has 0 amide bonds. The van der Waals surface area contributed by atoms with Crippen molar-refractivity contribution in [3.63, 3.8) is 0 Å². The Hall–Kier alpha value is -0.120. The topological polar surface area (TPSA) is 38.7 Å². The monoisotopic (exact) mass is 174 g/mol. The molecule has 72 valence electrons. The van der Waals surface area contributed by atoms with Crippen LogP contribution < -0.4 is 0 Å². The molecular formula is C9H18O3. The van der Waals surface area contributed by atoms with Gasteiger partial charge in [0.15, 0.2) is 5.79 Å². The molecule has 1 N–H and O–H groups in total. The van der Waals surface area contributed by atoms with Crippen molar-refractivity contribution in [2.75, 3.05) is 6.61 Å². The van der Waals surface area contributed by atoms with Crippen LogP contribution in [-0.2, 0) is 9.47 Å². The van der Waals surface area contributed by atoms with Gasteiger partial charge in [-0.1, -0.05) is 6.92 Å². The van der Waals surface area contributed by atoms with E-state index in [-0.39, 0.29) is 6.10 Å². The number of ether oxygens (including phenoxy) is 2. The third-order valence-electron chi connectivity index (χ3n) is 2.69. The second-order valence-corrected chi connectivity index (χ2v) is 3.81. The molecule has 0 saturated carbocycles. The van der Waals surface area contributed by atoms with Crippen LogP contribution in [0.15, 0.2) is 0 Å². The maximum atomic E-state index is 9.95. The Labute approximate surface area is 73.7 Å².